The minimum absolute atomic E-state index is 0.0255. The maximum atomic E-state index is 12.2. The van der Waals surface area contributed by atoms with Crippen molar-refractivity contribution in [2.75, 3.05) is 7.11 Å². The lowest BCUT2D eigenvalue weighted by molar-refractivity contribution is 0.110. The summed E-state index contributed by atoms with van der Waals surface area (Å²) < 4.78 is 16.4. The molecule has 3 rings (SSSR count). The molecule has 0 atom stereocenters. The van der Waals surface area contributed by atoms with Gasteiger partial charge in [-0.25, -0.2) is 0 Å². The average Bonchev–Trinajstić information content (AvgIpc) is 2.60. The highest BCUT2D eigenvalue weighted by atomic mass is 16.5. The molecule has 0 spiro atoms. The van der Waals surface area contributed by atoms with E-state index < -0.39 is 0 Å². The number of aldehydes is 1. The molecule has 5 heteroatoms. The Morgan fingerprint density at radius 1 is 1.13 bits per heavy atom. The highest BCUT2D eigenvalue weighted by Crippen LogP contribution is 2.34. The highest BCUT2D eigenvalue weighted by Gasteiger charge is 2.15. The molecule has 0 amide bonds. The van der Waals surface area contributed by atoms with Gasteiger partial charge in [-0.3, -0.25) is 9.59 Å². The second-order valence-corrected chi connectivity index (χ2v) is 4.88. The first kappa shape index (κ1) is 14.8. The quantitative estimate of drug-likeness (QED) is 0.677. The SMILES string of the molecule is COc1c(OCc2ccccc2)ccc2oc(C=O)cc(=O)c12. The third-order valence-electron chi connectivity index (χ3n) is 3.39. The lowest BCUT2D eigenvalue weighted by Crippen LogP contribution is -2.05. The van der Waals surface area contributed by atoms with E-state index in [-0.39, 0.29) is 22.2 Å². The largest absolute Gasteiger partial charge is 0.492 e. The normalized spacial score (nSPS) is 10.5. The predicted molar refractivity (Wildman–Crippen MR) is 85.2 cm³/mol. The molecule has 3 aromatic rings. The van der Waals surface area contributed by atoms with Crippen molar-refractivity contribution in [1.29, 1.82) is 0 Å². The Balaban J connectivity index is 2.03. The molecule has 1 aromatic heterocycles. The van der Waals surface area contributed by atoms with Crippen molar-refractivity contribution in [3.63, 3.8) is 0 Å². The van der Waals surface area contributed by atoms with Gasteiger partial charge in [0.1, 0.15) is 17.6 Å². The van der Waals surface area contributed by atoms with Crippen molar-refractivity contribution in [2.45, 2.75) is 6.61 Å². The van der Waals surface area contributed by atoms with E-state index >= 15 is 0 Å². The van der Waals surface area contributed by atoms with Gasteiger partial charge in [0.2, 0.25) is 0 Å². The van der Waals surface area contributed by atoms with Gasteiger partial charge in [0.25, 0.3) is 0 Å². The summed E-state index contributed by atoms with van der Waals surface area (Å²) in [5.41, 5.74) is 0.928. The third-order valence-corrected chi connectivity index (χ3v) is 3.39. The lowest BCUT2D eigenvalue weighted by Gasteiger charge is -2.12. The van der Waals surface area contributed by atoms with Crippen molar-refractivity contribution in [3.8, 4) is 11.5 Å². The number of carbonyl (C=O) groups excluding carboxylic acids is 1. The van der Waals surface area contributed by atoms with Gasteiger partial charge in [-0.1, -0.05) is 30.3 Å². The van der Waals surface area contributed by atoms with Crippen LogP contribution in [0.15, 0.2) is 57.7 Å². The average molecular weight is 310 g/mol. The Hall–Kier alpha value is -3.08. The second-order valence-electron chi connectivity index (χ2n) is 4.88. The van der Waals surface area contributed by atoms with Gasteiger partial charge in [-0.2, -0.15) is 0 Å². The molecule has 23 heavy (non-hydrogen) atoms. The van der Waals surface area contributed by atoms with E-state index in [4.69, 9.17) is 13.9 Å². The van der Waals surface area contributed by atoms with Crippen LogP contribution in [0.2, 0.25) is 0 Å². The first-order valence-corrected chi connectivity index (χ1v) is 6.99. The van der Waals surface area contributed by atoms with Crippen LogP contribution < -0.4 is 14.9 Å². The molecule has 0 aliphatic heterocycles. The highest BCUT2D eigenvalue weighted by molar-refractivity contribution is 5.88. The summed E-state index contributed by atoms with van der Waals surface area (Å²) in [7, 11) is 1.46. The number of carbonyl (C=O) groups is 1. The number of hydrogen-bond acceptors (Lipinski definition) is 5. The number of benzene rings is 2. The van der Waals surface area contributed by atoms with Crippen LogP contribution in [0.25, 0.3) is 11.0 Å². The second kappa shape index (κ2) is 6.36. The van der Waals surface area contributed by atoms with Crippen LogP contribution in [-0.2, 0) is 6.61 Å². The molecular formula is C18H14O5. The zero-order valence-corrected chi connectivity index (χ0v) is 12.4. The number of ether oxygens (including phenoxy) is 2. The Bertz CT molecular complexity index is 896. The molecule has 1 heterocycles. The van der Waals surface area contributed by atoms with Gasteiger partial charge < -0.3 is 13.9 Å². The summed E-state index contributed by atoms with van der Waals surface area (Å²) in [5.74, 6) is 0.710. The van der Waals surface area contributed by atoms with Crippen LogP contribution >= 0.6 is 0 Å². The third kappa shape index (κ3) is 2.94. The van der Waals surface area contributed by atoms with Crippen molar-refractivity contribution in [2.24, 2.45) is 0 Å². The van der Waals surface area contributed by atoms with Crippen molar-refractivity contribution < 1.29 is 18.7 Å². The van der Waals surface area contributed by atoms with E-state index in [1.54, 1.807) is 12.1 Å². The van der Waals surface area contributed by atoms with E-state index in [2.05, 4.69) is 0 Å². The molecule has 0 bridgehead atoms. The van der Waals surface area contributed by atoms with Crippen LogP contribution in [-0.4, -0.2) is 13.4 Å². The lowest BCUT2D eigenvalue weighted by atomic mass is 10.2. The minimum Gasteiger partial charge on any atom is -0.492 e. The maximum absolute atomic E-state index is 12.2. The summed E-state index contributed by atoms with van der Waals surface area (Å²) in [6.07, 6.45) is 0.493. The Morgan fingerprint density at radius 3 is 2.61 bits per heavy atom. The van der Waals surface area contributed by atoms with Gasteiger partial charge >= 0.3 is 0 Å². The molecule has 0 saturated carbocycles. The van der Waals surface area contributed by atoms with Gasteiger partial charge in [0.15, 0.2) is 29.0 Å². The summed E-state index contributed by atoms with van der Waals surface area (Å²) >= 11 is 0. The van der Waals surface area contributed by atoms with Gasteiger partial charge in [0.05, 0.1) is 7.11 Å². The molecular weight excluding hydrogens is 296 g/mol. The van der Waals surface area contributed by atoms with Crippen molar-refractivity contribution in [1.82, 2.24) is 0 Å². The number of rotatable bonds is 5. The summed E-state index contributed by atoms with van der Waals surface area (Å²) in [5, 5.41) is 0.253. The van der Waals surface area contributed by atoms with E-state index in [0.29, 0.717) is 24.4 Å². The van der Waals surface area contributed by atoms with Crippen LogP contribution in [0, 0.1) is 0 Å². The fourth-order valence-corrected chi connectivity index (χ4v) is 2.33. The molecule has 0 saturated heterocycles. The summed E-state index contributed by atoms with van der Waals surface area (Å²) in [6.45, 7) is 0.348. The molecule has 0 aliphatic rings. The summed E-state index contributed by atoms with van der Waals surface area (Å²) in [4.78, 5) is 23.0. The standard InChI is InChI=1S/C18H14O5/c1-21-18-16(22-11-12-5-3-2-4-6-12)8-7-15-17(18)14(20)9-13(10-19)23-15/h2-10H,11H2,1H3. The fraction of sp³-hybridized carbons (Fsp3) is 0.111. The van der Waals surface area contributed by atoms with E-state index in [0.717, 1.165) is 11.6 Å². The minimum atomic E-state index is -0.352. The van der Waals surface area contributed by atoms with Crippen LogP contribution in [0.4, 0.5) is 0 Å². The number of fused-ring (bicyclic) bond motifs is 1. The molecule has 2 aromatic carbocycles. The van der Waals surface area contributed by atoms with Crippen LogP contribution in [0.5, 0.6) is 11.5 Å². The molecule has 0 unspecified atom stereocenters. The Kier molecular flexibility index (Phi) is 4.10. The molecule has 0 aliphatic carbocycles. The van der Waals surface area contributed by atoms with Gasteiger partial charge in [-0.15, -0.1) is 0 Å². The number of methoxy groups -OCH3 is 1. The maximum Gasteiger partial charge on any atom is 0.197 e. The zero-order valence-electron chi connectivity index (χ0n) is 12.4. The summed E-state index contributed by atoms with van der Waals surface area (Å²) in [6, 6.07) is 14.0. The Labute approximate surface area is 132 Å². The van der Waals surface area contributed by atoms with Crippen molar-refractivity contribution in [3.05, 3.63) is 70.1 Å². The predicted octanol–water partition coefficient (Wildman–Crippen LogP) is 3.19. The molecule has 5 nitrogen and oxygen atoms in total. The van der Waals surface area contributed by atoms with Crippen LogP contribution in [0.3, 0.4) is 0 Å². The van der Waals surface area contributed by atoms with Gasteiger partial charge in [0, 0.05) is 6.07 Å². The van der Waals surface area contributed by atoms with Gasteiger partial charge in [-0.05, 0) is 17.7 Å². The van der Waals surface area contributed by atoms with E-state index in [1.807, 2.05) is 30.3 Å². The van der Waals surface area contributed by atoms with E-state index in [1.165, 1.54) is 7.11 Å². The number of hydrogen-bond donors (Lipinski definition) is 0. The first-order valence-electron chi connectivity index (χ1n) is 6.99. The Morgan fingerprint density at radius 2 is 1.91 bits per heavy atom. The molecule has 0 N–H and O–H groups in total. The smallest absolute Gasteiger partial charge is 0.197 e. The monoisotopic (exact) mass is 310 g/mol. The molecule has 116 valence electrons. The fourth-order valence-electron chi connectivity index (χ4n) is 2.33. The molecule has 0 fully saturated rings. The topological polar surface area (TPSA) is 65.7 Å². The first-order chi connectivity index (χ1) is 11.2. The van der Waals surface area contributed by atoms with Crippen LogP contribution in [0.1, 0.15) is 16.1 Å². The van der Waals surface area contributed by atoms with E-state index in [9.17, 15) is 9.59 Å². The van der Waals surface area contributed by atoms with Crippen molar-refractivity contribution >= 4 is 17.3 Å². The zero-order chi connectivity index (χ0) is 16.2. The molecule has 0 radical (unpaired) electrons.